The molecule has 244 valence electrons. The molecule has 0 unspecified atom stereocenters. The highest BCUT2D eigenvalue weighted by molar-refractivity contribution is 6.42. The monoisotopic (exact) mass is 674 g/mol. The Morgan fingerprint density at radius 2 is 1.70 bits per heavy atom. The highest BCUT2D eigenvalue weighted by Crippen LogP contribution is 2.38. The van der Waals surface area contributed by atoms with Crippen molar-refractivity contribution in [3.8, 4) is 0 Å². The molecule has 46 heavy (non-hydrogen) atoms. The van der Waals surface area contributed by atoms with Crippen LogP contribution in [0, 0.1) is 5.82 Å². The lowest BCUT2D eigenvalue weighted by molar-refractivity contribution is -0.138. The summed E-state index contributed by atoms with van der Waals surface area (Å²) in [7, 11) is 0. The van der Waals surface area contributed by atoms with Gasteiger partial charge in [0.15, 0.2) is 0 Å². The Morgan fingerprint density at radius 1 is 0.957 bits per heavy atom. The van der Waals surface area contributed by atoms with Gasteiger partial charge in [0, 0.05) is 55.9 Å². The van der Waals surface area contributed by atoms with Crippen LogP contribution in [0.5, 0.6) is 0 Å². The maximum Gasteiger partial charge on any atom is 0.416 e. The summed E-state index contributed by atoms with van der Waals surface area (Å²) in [4.78, 5) is 18.1. The molecule has 1 saturated heterocycles. The van der Waals surface area contributed by atoms with Crippen LogP contribution in [0.1, 0.15) is 54.0 Å². The lowest BCUT2D eigenvalue weighted by Gasteiger charge is -2.41. The molecule has 2 heterocycles. The first-order valence-corrected chi connectivity index (χ1v) is 16.4. The summed E-state index contributed by atoms with van der Waals surface area (Å²) in [6.45, 7) is 4.26. The van der Waals surface area contributed by atoms with Gasteiger partial charge < -0.3 is 15.5 Å². The normalized spacial score (nSPS) is 19.9. The minimum absolute atomic E-state index is 0.0141. The van der Waals surface area contributed by atoms with Gasteiger partial charge in [-0.2, -0.15) is 13.2 Å². The number of hydrogen-bond acceptors (Lipinski definition) is 4. The van der Waals surface area contributed by atoms with Crippen LogP contribution < -0.4 is 10.6 Å². The molecule has 2 bridgehead atoms. The lowest BCUT2D eigenvalue weighted by atomic mass is 9.83. The van der Waals surface area contributed by atoms with Gasteiger partial charge in [-0.15, -0.1) is 0 Å². The summed E-state index contributed by atoms with van der Waals surface area (Å²) in [5.41, 5.74) is 3.08. The van der Waals surface area contributed by atoms with Gasteiger partial charge in [-0.25, -0.2) is 4.39 Å². The molecule has 1 saturated carbocycles. The Morgan fingerprint density at radius 3 is 2.39 bits per heavy atom. The minimum Gasteiger partial charge on any atom is -0.331 e. The molecule has 3 aromatic rings. The van der Waals surface area contributed by atoms with Crippen LogP contribution in [-0.4, -0.2) is 53.5 Å². The average Bonchev–Trinajstić information content (AvgIpc) is 3.87. The zero-order valence-corrected chi connectivity index (χ0v) is 27.0. The molecule has 2 atom stereocenters. The molecule has 1 aliphatic carbocycles. The summed E-state index contributed by atoms with van der Waals surface area (Å²) >= 11 is 12.8. The second kappa shape index (κ2) is 13.6. The van der Waals surface area contributed by atoms with Crippen LogP contribution >= 0.6 is 23.2 Å². The first-order valence-electron chi connectivity index (χ1n) is 15.6. The van der Waals surface area contributed by atoms with Crippen molar-refractivity contribution in [3.63, 3.8) is 0 Å². The van der Waals surface area contributed by atoms with Gasteiger partial charge >= 0.3 is 6.18 Å². The fourth-order valence-electron chi connectivity index (χ4n) is 6.56. The Balaban J connectivity index is 1.27. The van der Waals surface area contributed by atoms with Crippen molar-refractivity contribution in [1.82, 2.24) is 20.4 Å². The molecule has 0 aromatic heterocycles. The van der Waals surface area contributed by atoms with Crippen LogP contribution in [0.15, 0.2) is 66.2 Å². The topological polar surface area (TPSA) is 47.6 Å². The third-order valence-corrected chi connectivity index (χ3v) is 9.97. The number of rotatable bonds is 10. The van der Waals surface area contributed by atoms with E-state index >= 15 is 0 Å². The molecule has 1 amide bonds. The van der Waals surface area contributed by atoms with Crippen molar-refractivity contribution in [3.05, 3.63) is 110 Å². The first-order chi connectivity index (χ1) is 22.0. The van der Waals surface area contributed by atoms with Gasteiger partial charge in [-0.1, -0.05) is 72.6 Å². The van der Waals surface area contributed by atoms with Crippen LogP contribution in [0.4, 0.5) is 17.6 Å². The fourth-order valence-corrected chi connectivity index (χ4v) is 6.94. The number of hydrogen-bond donors (Lipinski definition) is 2. The van der Waals surface area contributed by atoms with E-state index in [0.29, 0.717) is 42.6 Å². The first kappa shape index (κ1) is 33.0. The molecule has 0 radical (unpaired) electrons. The minimum atomic E-state index is -4.64. The highest BCUT2D eigenvalue weighted by Gasteiger charge is 2.41. The molecule has 2 aliphatic heterocycles. The number of amides is 1. The van der Waals surface area contributed by atoms with E-state index in [1.807, 2.05) is 48.2 Å². The molecule has 11 heteroatoms. The molecule has 5 nitrogen and oxygen atoms in total. The number of fused-ring (bicyclic) bond motifs is 2. The van der Waals surface area contributed by atoms with E-state index in [2.05, 4.69) is 10.6 Å². The predicted octanol–water partition coefficient (Wildman–Crippen LogP) is 7.45. The number of piperazine rings is 1. The van der Waals surface area contributed by atoms with Crippen LogP contribution in [0.3, 0.4) is 0 Å². The average molecular weight is 676 g/mol. The van der Waals surface area contributed by atoms with Gasteiger partial charge in [-0.05, 0) is 66.3 Å². The fraction of sp³-hybridized carbons (Fsp3) is 0.400. The summed E-state index contributed by atoms with van der Waals surface area (Å²) in [5, 5.41) is 8.01. The number of carbonyl (C=O) groups excluding carboxylic acids is 1. The Hall–Kier alpha value is -2.95. The van der Waals surface area contributed by atoms with Crippen LogP contribution in [0.25, 0.3) is 5.57 Å². The van der Waals surface area contributed by atoms with E-state index < -0.39 is 17.6 Å². The summed E-state index contributed by atoms with van der Waals surface area (Å²) < 4.78 is 55.4. The van der Waals surface area contributed by atoms with Crippen molar-refractivity contribution < 1.29 is 22.4 Å². The summed E-state index contributed by atoms with van der Waals surface area (Å²) in [6, 6.07) is 16.6. The Bertz CT molecular complexity index is 1620. The Labute approximate surface area is 276 Å². The zero-order valence-electron chi connectivity index (χ0n) is 25.4. The van der Waals surface area contributed by atoms with E-state index in [1.165, 1.54) is 0 Å². The number of nitrogens with one attached hydrogen (secondary N) is 2. The third kappa shape index (κ3) is 7.14. The molecule has 2 N–H and O–H groups in total. The van der Waals surface area contributed by atoms with Crippen molar-refractivity contribution in [2.45, 2.75) is 70.1 Å². The van der Waals surface area contributed by atoms with E-state index in [9.17, 15) is 22.4 Å². The van der Waals surface area contributed by atoms with Gasteiger partial charge in [0.05, 0.1) is 21.7 Å². The largest absolute Gasteiger partial charge is 0.416 e. The lowest BCUT2D eigenvalue weighted by Crippen LogP contribution is -2.60. The quantitative estimate of drug-likeness (QED) is 0.219. The SMILES string of the molecule is CCN(Cc1ccc(C2=C(C(=O)N(Cc3cccc(Cl)c3Cl)C3CC3)[C@H]3CNC[C@H](C2)N3)cc1)Cc1c(F)cccc1C(F)(F)F. The zero-order chi connectivity index (χ0) is 32.6. The van der Waals surface area contributed by atoms with E-state index in [1.54, 1.807) is 11.0 Å². The smallest absolute Gasteiger partial charge is 0.331 e. The van der Waals surface area contributed by atoms with Crippen molar-refractivity contribution >= 4 is 34.7 Å². The van der Waals surface area contributed by atoms with Gasteiger partial charge in [0.2, 0.25) is 0 Å². The number of nitrogens with zero attached hydrogens (tertiary/aromatic N) is 2. The second-order valence-electron chi connectivity index (χ2n) is 12.3. The standard InChI is InChI=1S/C35H36Cl2F4N4O/c1-2-44(20-27-28(35(39,40)41)6-4-8-30(27)38)18-21-9-11-22(12-10-21)26-15-24-16-42-17-31(43-24)32(26)34(46)45(25-13-14-25)19-23-5-3-7-29(36)33(23)37/h3-12,24-25,31,42-43H,2,13-20H2,1H3/t24-,31+/m0/s1. The molecule has 0 spiro atoms. The predicted molar refractivity (Wildman–Crippen MR) is 173 cm³/mol. The molecule has 3 aromatic carbocycles. The Kier molecular flexibility index (Phi) is 9.78. The molecule has 2 fully saturated rings. The van der Waals surface area contributed by atoms with Crippen molar-refractivity contribution in [2.75, 3.05) is 19.6 Å². The molecular weight excluding hydrogens is 639 g/mol. The maximum absolute atomic E-state index is 14.6. The number of carbonyl (C=O) groups is 1. The van der Waals surface area contributed by atoms with Crippen LogP contribution in [-0.2, 0) is 30.6 Å². The van der Waals surface area contributed by atoms with Crippen molar-refractivity contribution in [1.29, 1.82) is 0 Å². The summed E-state index contributed by atoms with van der Waals surface area (Å²) in [6.07, 6.45) is -2.09. The van der Waals surface area contributed by atoms with Gasteiger partial charge in [0.25, 0.3) is 5.91 Å². The number of halogens is 6. The molecule has 6 rings (SSSR count). The number of alkyl halides is 3. The van der Waals surface area contributed by atoms with Crippen LogP contribution in [0.2, 0.25) is 10.0 Å². The molecule has 3 aliphatic rings. The van der Waals surface area contributed by atoms with E-state index in [-0.39, 0.29) is 36.1 Å². The highest BCUT2D eigenvalue weighted by atomic mass is 35.5. The van der Waals surface area contributed by atoms with E-state index in [4.69, 9.17) is 23.2 Å². The van der Waals surface area contributed by atoms with E-state index in [0.717, 1.165) is 65.4 Å². The number of benzene rings is 3. The second-order valence-corrected chi connectivity index (χ2v) is 13.1. The molecular formula is C35H36Cl2F4N4O. The van der Waals surface area contributed by atoms with Gasteiger partial charge in [-0.3, -0.25) is 9.69 Å². The van der Waals surface area contributed by atoms with Crippen molar-refractivity contribution in [2.24, 2.45) is 0 Å². The third-order valence-electron chi connectivity index (χ3n) is 9.11. The maximum atomic E-state index is 14.6. The van der Waals surface area contributed by atoms with Gasteiger partial charge in [0.1, 0.15) is 5.82 Å². The summed E-state index contributed by atoms with van der Waals surface area (Å²) in [5.74, 6) is -0.878.